The summed E-state index contributed by atoms with van der Waals surface area (Å²) >= 11 is 0. The third kappa shape index (κ3) is 35.2. The van der Waals surface area contributed by atoms with Gasteiger partial charge < -0.3 is 24.6 Å². The van der Waals surface area contributed by atoms with Crippen molar-refractivity contribution < 1.29 is 47.8 Å². The largest absolute Gasteiger partial charge is 0.472 e. The number of hydrogen-bond acceptors (Lipinski definition) is 9. The summed E-state index contributed by atoms with van der Waals surface area (Å²) in [7, 11) is -4.60. The number of rotatable bonds is 38. The SMILES string of the molecule is CCCCCCCCCCCCCCCCCCCCCC(=O)OC(COC(=O)CCCCCCCCC)COP(=O)(O)OCC(O)CO. The molecule has 0 fully saturated rings. The van der Waals surface area contributed by atoms with E-state index in [0.29, 0.717) is 12.8 Å². The highest BCUT2D eigenvalue weighted by atomic mass is 31.2. The highest BCUT2D eigenvalue weighted by Crippen LogP contribution is 2.43. The molecule has 3 N–H and O–H groups in total. The molecule has 3 atom stereocenters. The smallest absolute Gasteiger partial charge is 0.462 e. The third-order valence-electron chi connectivity index (χ3n) is 8.76. The van der Waals surface area contributed by atoms with Gasteiger partial charge in [-0.3, -0.25) is 18.6 Å². The van der Waals surface area contributed by atoms with E-state index in [0.717, 1.165) is 38.5 Å². The van der Waals surface area contributed by atoms with Crippen molar-refractivity contribution in [2.24, 2.45) is 0 Å². The van der Waals surface area contributed by atoms with Gasteiger partial charge in [-0.25, -0.2) is 4.57 Å². The predicted octanol–water partition coefficient (Wildman–Crippen LogP) is 9.89. The van der Waals surface area contributed by atoms with E-state index in [1.54, 1.807) is 0 Å². The first-order chi connectivity index (χ1) is 23.7. The van der Waals surface area contributed by atoms with Crippen LogP contribution in [0.2, 0.25) is 0 Å². The van der Waals surface area contributed by atoms with Crippen molar-refractivity contribution in [3.05, 3.63) is 0 Å². The Labute approximate surface area is 299 Å². The van der Waals surface area contributed by atoms with E-state index in [2.05, 4.69) is 18.4 Å². The quantitative estimate of drug-likeness (QED) is 0.0319. The molecule has 0 aromatic carbocycles. The topological polar surface area (TPSA) is 149 Å². The molecular weight excluding hydrogens is 647 g/mol. The summed E-state index contributed by atoms with van der Waals surface area (Å²) < 4.78 is 32.5. The normalized spacial score (nSPS) is 14.0. The fourth-order valence-electron chi connectivity index (χ4n) is 5.64. The van der Waals surface area contributed by atoms with E-state index in [1.165, 1.54) is 116 Å². The van der Waals surface area contributed by atoms with Crippen LogP contribution in [0.3, 0.4) is 0 Å². The maximum absolute atomic E-state index is 12.5. The second-order valence-corrected chi connectivity index (χ2v) is 15.1. The maximum atomic E-state index is 12.5. The zero-order valence-corrected chi connectivity index (χ0v) is 32.3. The monoisotopic (exact) mass is 723 g/mol. The minimum atomic E-state index is -4.60. The molecule has 0 rings (SSSR count). The fraction of sp³-hybridized carbons (Fsp3) is 0.947. The molecule has 0 aliphatic heterocycles. The lowest BCUT2D eigenvalue weighted by molar-refractivity contribution is -0.161. The van der Waals surface area contributed by atoms with Crippen molar-refractivity contribution >= 4 is 19.8 Å². The summed E-state index contributed by atoms with van der Waals surface area (Å²) in [4.78, 5) is 34.7. The van der Waals surface area contributed by atoms with Crippen LogP contribution in [-0.2, 0) is 32.7 Å². The Bertz CT molecular complexity index is 796. The number of ether oxygens (including phenoxy) is 2. The standard InChI is InChI=1S/C38H75O10P/c1-3-5-7-9-11-12-13-14-15-16-17-18-19-20-21-22-24-26-28-30-38(42)48-36(34-47-49(43,44)46-32-35(40)31-39)33-45-37(41)29-27-25-23-10-8-6-4-2/h35-36,39-40H,3-34H2,1-2H3,(H,43,44). The molecule has 0 amide bonds. The second-order valence-electron chi connectivity index (χ2n) is 13.7. The molecule has 3 unspecified atom stereocenters. The van der Waals surface area contributed by atoms with Crippen LogP contribution in [0.1, 0.15) is 194 Å². The van der Waals surface area contributed by atoms with E-state index >= 15 is 0 Å². The van der Waals surface area contributed by atoms with Crippen molar-refractivity contribution in [1.82, 2.24) is 0 Å². The molecule has 0 saturated carbocycles. The number of esters is 2. The molecule has 11 heteroatoms. The fourth-order valence-corrected chi connectivity index (χ4v) is 6.43. The van der Waals surface area contributed by atoms with Gasteiger partial charge in [0.2, 0.25) is 0 Å². The lowest BCUT2D eigenvalue weighted by Gasteiger charge is -2.20. The number of unbranched alkanes of at least 4 members (excludes halogenated alkanes) is 24. The number of hydrogen-bond donors (Lipinski definition) is 3. The summed E-state index contributed by atoms with van der Waals surface area (Å²) in [6, 6.07) is 0. The van der Waals surface area contributed by atoms with E-state index in [4.69, 9.17) is 19.1 Å². The van der Waals surface area contributed by atoms with Crippen LogP contribution in [-0.4, -0.2) is 65.7 Å². The summed E-state index contributed by atoms with van der Waals surface area (Å²) in [5.41, 5.74) is 0. The lowest BCUT2D eigenvalue weighted by atomic mass is 10.0. The minimum absolute atomic E-state index is 0.192. The van der Waals surface area contributed by atoms with Crippen molar-refractivity contribution in [2.75, 3.05) is 26.4 Å². The highest BCUT2D eigenvalue weighted by Gasteiger charge is 2.27. The maximum Gasteiger partial charge on any atom is 0.472 e. The molecule has 292 valence electrons. The zero-order chi connectivity index (χ0) is 36.3. The Morgan fingerprint density at radius 3 is 1.27 bits per heavy atom. The van der Waals surface area contributed by atoms with E-state index in [9.17, 15) is 24.2 Å². The number of phosphoric acid groups is 1. The van der Waals surface area contributed by atoms with Crippen molar-refractivity contribution in [1.29, 1.82) is 0 Å². The van der Waals surface area contributed by atoms with E-state index < -0.39 is 51.8 Å². The zero-order valence-electron chi connectivity index (χ0n) is 31.4. The molecule has 0 radical (unpaired) electrons. The van der Waals surface area contributed by atoms with Gasteiger partial charge in [-0.15, -0.1) is 0 Å². The van der Waals surface area contributed by atoms with Crippen LogP contribution in [0.4, 0.5) is 0 Å². The van der Waals surface area contributed by atoms with Gasteiger partial charge in [0.15, 0.2) is 6.10 Å². The molecule has 0 heterocycles. The molecule has 0 aliphatic rings. The van der Waals surface area contributed by atoms with Gasteiger partial charge in [0.05, 0.1) is 19.8 Å². The highest BCUT2D eigenvalue weighted by molar-refractivity contribution is 7.47. The van der Waals surface area contributed by atoms with Crippen molar-refractivity contribution in [3.63, 3.8) is 0 Å². The lowest BCUT2D eigenvalue weighted by Crippen LogP contribution is -2.29. The first-order valence-electron chi connectivity index (χ1n) is 20.0. The molecule has 0 aliphatic carbocycles. The third-order valence-corrected chi connectivity index (χ3v) is 9.71. The van der Waals surface area contributed by atoms with Crippen molar-refractivity contribution in [2.45, 2.75) is 206 Å². The molecule has 0 spiro atoms. The summed E-state index contributed by atoms with van der Waals surface area (Å²) in [5.74, 6) is -0.920. The number of carbonyl (C=O) groups excluding carboxylic acids is 2. The van der Waals surface area contributed by atoms with Gasteiger partial charge in [0, 0.05) is 12.8 Å². The molecule has 0 aromatic rings. The number of phosphoric ester groups is 1. The van der Waals surface area contributed by atoms with Gasteiger partial charge in [-0.05, 0) is 12.8 Å². The van der Waals surface area contributed by atoms with Gasteiger partial charge >= 0.3 is 19.8 Å². The van der Waals surface area contributed by atoms with E-state index in [-0.39, 0.29) is 19.4 Å². The Morgan fingerprint density at radius 1 is 0.531 bits per heavy atom. The van der Waals surface area contributed by atoms with Crippen LogP contribution in [0, 0.1) is 0 Å². The number of carbonyl (C=O) groups is 2. The van der Waals surface area contributed by atoms with Crippen LogP contribution in [0.25, 0.3) is 0 Å². The van der Waals surface area contributed by atoms with Gasteiger partial charge in [0.25, 0.3) is 0 Å². The van der Waals surface area contributed by atoms with E-state index in [1.807, 2.05) is 0 Å². The average molecular weight is 723 g/mol. The summed E-state index contributed by atoms with van der Waals surface area (Å²) in [5, 5.41) is 18.2. The average Bonchev–Trinajstić information content (AvgIpc) is 3.09. The molecule has 0 aromatic heterocycles. The van der Waals surface area contributed by atoms with Crippen molar-refractivity contribution in [3.8, 4) is 0 Å². The molecule has 0 saturated heterocycles. The minimum Gasteiger partial charge on any atom is -0.462 e. The number of aliphatic hydroxyl groups is 2. The molecule has 0 bridgehead atoms. The van der Waals surface area contributed by atoms with Crippen LogP contribution in [0.5, 0.6) is 0 Å². The van der Waals surface area contributed by atoms with Crippen LogP contribution in [0.15, 0.2) is 0 Å². The number of aliphatic hydroxyl groups excluding tert-OH is 2. The Morgan fingerprint density at radius 2 is 0.878 bits per heavy atom. The Balaban J connectivity index is 4.16. The molecular formula is C38H75O10P. The summed E-state index contributed by atoms with van der Waals surface area (Å²) in [6.45, 7) is 2.35. The van der Waals surface area contributed by atoms with Crippen LogP contribution < -0.4 is 0 Å². The van der Waals surface area contributed by atoms with Gasteiger partial charge in [0.1, 0.15) is 12.7 Å². The first kappa shape index (κ1) is 48.0. The molecule has 10 nitrogen and oxygen atoms in total. The summed E-state index contributed by atoms with van der Waals surface area (Å²) in [6.07, 6.45) is 29.6. The van der Waals surface area contributed by atoms with Gasteiger partial charge in [-0.1, -0.05) is 168 Å². The van der Waals surface area contributed by atoms with Gasteiger partial charge in [-0.2, -0.15) is 0 Å². The molecule has 49 heavy (non-hydrogen) atoms. The Hall–Kier alpha value is -1.03. The Kier molecular flexibility index (Phi) is 34.6. The second kappa shape index (κ2) is 35.4. The van der Waals surface area contributed by atoms with Crippen LogP contribution >= 0.6 is 7.82 Å². The first-order valence-corrected chi connectivity index (χ1v) is 21.5. The predicted molar refractivity (Wildman–Crippen MR) is 196 cm³/mol.